The number of nitrogens with zero attached hydrogens (tertiary/aromatic N) is 2. The Hall–Kier alpha value is -2.24. The van der Waals surface area contributed by atoms with Crippen LogP contribution >= 0.6 is 0 Å². The van der Waals surface area contributed by atoms with Crippen LogP contribution in [-0.2, 0) is 4.74 Å². The highest BCUT2D eigenvalue weighted by molar-refractivity contribution is 5.92. The lowest BCUT2D eigenvalue weighted by atomic mass is 10.2. The van der Waals surface area contributed by atoms with Gasteiger partial charge in [0.1, 0.15) is 6.10 Å². The largest absolute Gasteiger partial charge is 0.493 e. The molecule has 0 aliphatic carbocycles. The number of hydrogen-bond acceptors (Lipinski definition) is 5. The summed E-state index contributed by atoms with van der Waals surface area (Å²) in [4.78, 5) is 11.8. The van der Waals surface area contributed by atoms with Crippen LogP contribution in [0, 0.1) is 0 Å². The number of amides is 1. The Morgan fingerprint density at radius 2 is 2.05 bits per heavy atom. The zero-order chi connectivity index (χ0) is 13.8. The number of benzene rings is 1. The first-order chi connectivity index (χ1) is 9.19. The van der Waals surface area contributed by atoms with Gasteiger partial charge in [0.25, 0.3) is 0 Å². The SMILES string of the molecule is CCC1C=NN(c2ccc(OC)c(OC)c2)C(=O)O1. The van der Waals surface area contributed by atoms with Gasteiger partial charge in [-0.15, -0.1) is 0 Å². The van der Waals surface area contributed by atoms with Crippen molar-refractivity contribution in [3.63, 3.8) is 0 Å². The van der Waals surface area contributed by atoms with Crippen molar-refractivity contribution in [3.8, 4) is 11.5 Å². The Balaban J connectivity index is 2.29. The number of cyclic esters (lactones) is 1. The molecule has 0 radical (unpaired) electrons. The summed E-state index contributed by atoms with van der Waals surface area (Å²) in [7, 11) is 3.09. The molecule has 1 atom stereocenters. The van der Waals surface area contributed by atoms with Crippen LogP contribution in [0.4, 0.5) is 10.5 Å². The predicted octanol–water partition coefficient (Wildman–Crippen LogP) is 2.42. The first-order valence-electron chi connectivity index (χ1n) is 5.96. The van der Waals surface area contributed by atoms with Gasteiger partial charge in [-0.25, -0.2) is 4.79 Å². The summed E-state index contributed by atoms with van der Waals surface area (Å²) in [6.45, 7) is 1.93. The topological polar surface area (TPSA) is 60.4 Å². The maximum absolute atomic E-state index is 11.8. The highest BCUT2D eigenvalue weighted by Gasteiger charge is 2.25. The van der Waals surface area contributed by atoms with E-state index in [9.17, 15) is 4.79 Å². The minimum atomic E-state index is -0.499. The molecular weight excluding hydrogens is 248 g/mol. The molecule has 1 aromatic carbocycles. The van der Waals surface area contributed by atoms with Crippen molar-refractivity contribution in [1.29, 1.82) is 0 Å². The predicted molar refractivity (Wildman–Crippen MR) is 71.1 cm³/mol. The van der Waals surface area contributed by atoms with E-state index in [1.165, 1.54) is 12.1 Å². The van der Waals surface area contributed by atoms with Gasteiger partial charge < -0.3 is 14.2 Å². The quantitative estimate of drug-likeness (QED) is 0.838. The molecule has 6 nitrogen and oxygen atoms in total. The Kier molecular flexibility index (Phi) is 3.89. The first kappa shape index (κ1) is 13.2. The van der Waals surface area contributed by atoms with Crippen molar-refractivity contribution < 1.29 is 19.0 Å². The number of methoxy groups -OCH3 is 2. The van der Waals surface area contributed by atoms with Gasteiger partial charge in [0.15, 0.2) is 11.5 Å². The van der Waals surface area contributed by atoms with Gasteiger partial charge in [-0.05, 0) is 18.6 Å². The summed E-state index contributed by atoms with van der Waals surface area (Å²) in [6, 6.07) is 5.10. The lowest BCUT2D eigenvalue weighted by molar-refractivity contribution is 0.129. The van der Waals surface area contributed by atoms with Crippen molar-refractivity contribution in [1.82, 2.24) is 0 Å². The maximum Gasteiger partial charge on any atom is 0.435 e. The fourth-order valence-corrected chi connectivity index (χ4v) is 1.72. The van der Waals surface area contributed by atoms with Crippen LogP contribution in [0.15, 0.2) is 23.3 Å². The number of anilines is 1. The third-order valence-corrected chi connectivity index (χ3v) is 2.79. The lowest BCUT2D eigenvalue weighted by Gasteiger charge is -2.24. The molecule has 1 unspecified atom stereocenters. The summed E-state index contributed by atoms with van der Waals surface area (Å²) < 4.78 is 15.5. The summed E-state index contributed by atoms with van der Waals surface area (Å²) in [5, 5.41) is 5.29. The van der Waals surface area contributed by atoms with Gasteiger partial charge in [0.05, 0.1) is 26.1 Å². The van der Waals surface area contributed by atoms with E-state index >= 15 is 0 Å². The third kappa shape index (κ3) is 2.62. The van der Waals surface area contributed by atoms with Gasteiger partial charge >= 0.3 is 6.09 Å². The minimum absolute atomic E-state index is 0.260. The van der Waals surface area contributed by atoms with Gasteiger partial charge in [0, 0.05) is 6.07 Å². The van der Waals surface area contributed by atoms with E-state index in [0.29, 0.717) is 23.6 Å². The Bertz CT molecular complexity index is 501. The highest BCUT2D eigenvalue weighted by atomic mass is 16.6. The average Bonchev–Trinajstić information content (AvgIpc) is 2.46. The molecule has 2 rings (SSSR count). The zero-order valence-electron chi connectivity index (χ0n) is 11.1. The average molecular weight is 264 g/mol. The maximum atomic E-state index is 11.8. The minimum Gasteiger partial charge on any atom is -0.493 e. The summed E-state index contributed by atoms with van der Waals surface area (Å²) in [5.41, 5.74) is 0.563. The second-order valence-electron chi connectivity index (χ2n) is 3.95. The van der Waals surface area contributed by atoms with Crippen LogP contribution < -0.4 is 14.5 Å². The molecule has 1 aliphatic heterocycles. The molecule has 0 aromatic heterocycles. The number of hydrogen-bond donors (Lipinski definition) is 0. The standard InChI is InChI=1S/C13H16N2O4/c1-4-10-8-14-15(13(16)19-10)9-5-6-11(17-2)12(7-9)18-3/h5-8,10H,4H2,1-3H3. The fourth-order valence-electron chi connectivity index (χ4n) is 1.72. The second-order valence-corrected chi connectivity index (χ2v) is 3.95. The highest BCUT2D eigenvalue weighted by Crippen LogP contribution is 2.32. The molecule has 0 saturated carbocycles. The van der Waals surface area contributed by atoms with Crippen molar-refractivity contribution in [2.45, 2.75) is 19.4 Å². The molecule has 1 aromatic rings. The van der Waals surface area contributed by atoms with Crippen LogP contribution in [0.25, 0.3) is 0 Å². The number of carbonyl (C=O) groups excluding carboxylic acids is 1. The Morgan fingerprint density at radius 3 is 2.63 bits per heavy atom. The normalized spacial score (nSPS) is 18.2. The molecule has 0 saturated heterocycles. The number of rotatable bonds is 4. The molecule has 1 aliphatic rings. The van der Waals surface area contributed by atoms with Crippen LogP contribution in [0.2, 0.25) is 0 Å². The van der Waals surface area contributed by atoms with Gasteiger partial charge in [-0.1, -0.05) is 6.92 Å². The number of carbonyl (C=O) groups is 1. The Labute approximate surface area is 111 Å². The van der Waals surface area contributed by atoms with Crippen molar-refractivity contribution in [2.24, 2.45) is 5.10 Å². The molecule has 0 fully saturated rings. The monoisotopic (exact) mass is 264 g/mol. The summed E-state index contributed by atoms with van der Waals surface area (Å²) >= 11 is 0. The third-order valence-electron chi connectivity index (χ3n) is 2.79. The van der Waals surface area contributed by atoms with E-state index in [0.717, 1.165) is 0 Å². The summed E-state index contributed by atoms with van der Waals surface area (Å²) in [6.07, 6.45) is 1.55. The number of hydrazone groups is 1. The smallest absolute Gasteiger partial charge is 0.435 e. The molecule has 6 heteroatoms. The van der Waals surface area contributed by atoms with Crippen LogP contribution in [0.1, 0.15) is 13.3 Å². The van der Waals surface area contributed by atoms with Crippen LogP contribution in [-0.4, -0.2) is 32.6 Å². The molecule has 0 N–H and O–H groups in total. The second kappa shape index (κ2) is 5.60. The van der Waals surface area contributed by atoms with E-state index in [4.69, 9.17) is 14.2 Å². The molecular formula is C13H16N2O4. The Morgan fingerprint density at radius 1 is 1.32 bits per heavy atom. The van der Waals surface area contributed by atoms with E-state index in [1.54, 1.807) is 31.5 Å². The molecule has 19 heavy (non-hydrogen) atoms. The van der Waals surface area contributed by atoms with Gasteiger partial charge in [-0.3, -0.25) is 0 Å². The van der Waals surface area contributed by atoms with Gasteiger partial charge in [-0.2, -0.15) is 10.1 Å². The number of ether oxygens (including phenoxy) is 3. The molecule has 1 heterocycles. The van der Waals surface area contributed by atoms with Crippen molar-refractivity contribution in [2.75, 3.05) is 19.2 Å². The van der Waals surface area contributed by atoms with E-state index < -0.39 is 6.09 Å². The molecule has 1 amide bonds. The van der Waals surface area contributed by atoms with Crippen LogP contribution in [0.5, 0.6) is 11.5 Å². The van der Waals surface area contributed by atoms with Crippen molar-refractivity contribution in [3.05, 3.63) is 18.2 Å². The zero-order valence-corrected chi connectivity index (χ0v) is 11.1. The summed E-state index contributed by atoms with van der Waals surface area (Å²) in [5.74, 6) is 1.12. The fraction of sp³-hybridized carbons (Fsp3) is 0.385. The van der Waals surface area contributed by atoms with Crippen molar-refractivity contribution >= 4 is 18.0 Å². The lowest BCUT2D eigenvalue weighted by Crippen LogP contribution is -2.36. The van der Waals surface area contributed by atoms with E-state index in [1.807, 2.05) is 6.92 Å². The first-order valence-corrected chi connectivity index (χ1v) is 5.96. The van der Waals surface area contributed by atoms with Gasteiger partial charge in [0.2, 0.25) is 0 Å². The van der Waals surface area contributed by atoms with E-state index in [2.05, 4.69) is 5.10 Å². The molecule has 0 spiro atoms. The van der Waals surface area contributed by atoms with Crippen LogP contribution in [0.3, 0.4) is 0 Å². The molecule has 0 bridgehead atoms. The molecule has 102 valence electrons. The van der Waals surface area contributed by atoms with E-state index in [-0.39, 0.29) is 6.10 Å².